The second kappa shape index (κ2) is 12.5. The Morgan fingerprint density at radius 3 is 2.22 bits per heavy atom. The van der Waals surface area contributed by atoms with Gasteiger partial charge < -0.3 is 15.0 Å². The number of thiazole rings is 1. The number of anilines is 3. The van der Waals surface area contributed by atoms with E-state index in [2.05, 4.69) is 24.1 Å². The Labute approximate surface area is 267 Å². The number of methoxy groups -OCH3 is 1. The number of hydrogen-bond donors (Lipinski definition) is 1. The minimum atomic E-state index is -0.806. The molecule has 2 aliphatic heterocycles. The molecule has 0 aliphatic carbocycles. The number of ether oxygens (including phenoxy) is 1. The summed E-state index contributed by atoms with van der Waals surface area (Å²) >= 11 is 2.15. The monoisotopic (exact) mass is 646 g/mol. The van der Waals surface area contributed by atoms with Gasteiger partial charge in [0.25, 0.3) is 0 Å². The second-order valence-corrected chi connectivity index (χ2v) is 12.8. The number of hydrogen-bond acceptors (Lipinski definition) is 8. The lowest BCUT2D eigenvalue weighted by molar-refractivity contribution is -0.122. The van der Waals surface area contributed by atoms with Crippen LogP contribution in [0, 0.1) is 11.7 Å². The molecule has 4 aromatic rings. The van der Waals surface area contributed by atoms with Crippen molar-refractivity contribution >= 4 is 57.9 Å². The van der Waals surface area contributed by atoms with E-state index in [4.69, 9.17) is 4.74 Å². The standard InChI is InChI=1S/C33H31FN4O5S2/c1-4-36(5-2)22-12-6-19(7-13-22)26-27-28(31(41)38(30(27)40)23-14-16-24(43-3)17-15-23)44-32-29(26)45-33(42)37(32)18-25(39)35-21-10-8-20(34)9-11-21/h6-17,26-28H,4-5,18H2,1-3H3,(H,35,39). The van der Waals surface area contributed by atoms with E-state index in [0.717, 1.165) is 47.4 Å². The second-order valence-electron chi connectivity index (χ2n) is 10.7. The van der Waals surface area contributed by atoms with Crippen molar-refractivity contribution in [2.45, 2.75) is 36.6 Å². The summed E-state index contributed by atoms with van der Waals surface area (Å²) in [5.74, 6) is -2.35. The van der Waals surface area contributed by atoms with Crippen LogP contribution in [0.1, 0.15) is 30.2 Å². The highest BCUT2D eigenvalue weighted by Crippen LogP contribution is 2.54. The number of thioether (sulfide) groups is 1. The van der Waals surface area contributed by atoms with Gasteiger partial charge in [0.05, 0.1) is 23.7 Å². The molecule has 3 aromatic carbocycles. The Kier molecular flexibility index (Phi) is 8.52. The lowest BCUT2D eigenvalue weighted by Gasteiger charge is -2.31. The number of benzene rings is 3. The molecule has 1 fully saturated rings. The van der Waals surface area contributed by atoms with Gasteiger partial charge in [0.1, 0.15) is 23.4 Å². The maximum absolute atomic E-state index is 14.1. The molecule has 3 heterocycles. The van der Waals surface area contributed by atoms with Gasteiger partial charge in [-0.1, -0.05) is 35.2 Å². The Hall–Kier alpha value is -4.42. The maximum atomic E-state index is 14.1. The van der Waals surface area contributed by atoms with Gasteiger partial charge in [-0.2, -0.15) is 0 Å². The first-order chi connectivity index (χ1) is 21.7. The van der Waals surface area contributed by atoms with Crippen LogP contribution in [0.2, 0.25) is 0 Å². The number of nitrogens with zero attached hydrogens (tertiary/aromatic N) is 3. The molecule has 6 rings (SSSR count). The minimum absolute atomic E-state index is 0.301. The van der Waals surface area contributed by atoms with E-state index in [1.807, 2.05) is 24.3 Å². The van der Waals surface area contributed by atoms with Gasteiger partial charge in [-0.3, -0.25) is 23.7 Å². The highest BCUT2D eigenvalue weighted by atomic mass is 32.2. The van der Waals surface area contributed by atoms with Crippen molar-refractivity contribution in [3.63, 3.8) is 0 Å². The van der Waals surface area contributed by atoms with E-state index < -0.39 is 28.8 Å². The zero-order valence-electron chi connectivity index (χ0n) is 24.9. The molecule has 12 heteroatoms. The normalized spacial score (nSPS) is 18.8. The number of halogens is 1. The molecule has 2 aliphatic rings. The van der Waals surface area contributed by atoms with Crippen LogP contribution in [0.4, 0.5) is 21.5 Å². The number of carbonyl (C=O) groups is 3. The lowest BCUT2D eigenvalue weighted by Crippen LogP contribution is -2.33. The molecule has 1 aromatic heterocycles. The van der Waals surface area contributed by atoms with E-state index >= 15 is 0 Å². The number of aromatic nitrogens is 1. The van der Waals surface area contributed by atoms with Gasteiger partial charge in [-0.25, -0.2) is 9.29 Å². The quantitative estimate of drug-likeness (QED) is 0.245. The first-order valence-corrected chi connectivity index (χ1v) is 16.3. The summed E-state index contributed by atoms with van der Waals surface area (Å²) in [6.07, 6.45) is 0. The third kappa shape index (κ3) is 5.64. The highest BCUT2D eigenvalue weighted by molar-refractivity contribution is 8.00. The number of amides is 3. The first-order valence-electron chi connectivity index (χ1n) is 14.6. The molecular weight excluding hydrogens is 616 g/mol. The van der Waals surface area contributed by atoms with Gasteiger partial charge in [-0.15, -0.1) is 0 Å². The topological polar surface area (TPSA) is 101 Å². The molecule has 0 bridgehead atoms. The number of nitrogens with one attached hydrogen (secondary N) is 1. The number of fused-ring (bicyclic) bond motifs is 2. The summed E-state index contributed by atoms with van der Waals surface area (Å²) in [5, 5.41) is 2.39. The third-order valence-electron chi connectivity index (χ3n) is 8.19. The number of carbonyl (C=O) groups excluding carboxylic acids is 3. The van der Waals surface area contributed by atoms with Crippen molar-refractivity contribution in [3.05, 3.63) is 98.7 Å². The number of rotatable bonds is 9. The van der Waals surface area contributed by atoms with Crippen LogP contribution in [0.15, 0.2) is 82.6 Å². The summed E-state index contributed by atoms with van der Waals surface area (Å²) in [7, 11) is 1.54. The molecule has 3 atom stereocenters. The van der Waals surface area contributed by atoms with Gasteiger partial charge in [0, 0.05) is 35.3 Å². The minimum Gasteiger partial charge on any atom is -0.497 e. The largest absolute Gasteiger partial charge is 0.497 e. The molecule has 0 saturated carbocycles. The fourth-order valence-electron chi connectivity index (χ4n) is 5.96. The van der Waals surface area contributed by atoms with Crippen LogP contribution in [0.5, 0.6) is 5.75 Å². The van der Waals surface area contributed by atoms with E-state index in [9.17, 15) is 23.6 Å². The smallest absolute Gasteiger partial charge is 0.308 e. The van der Waals surface area contributed by atoms with E-state index in [-0.39, 0.29) is 23.2 Å². The molecule has 1 N–H and O–H groups in total. The SMILES string of the molecule is CCN(CC)c1ccc(C2c3sc(=O)n(CC(=O)Nc4ccc(F)cc4)c3SC3C(=O)N(c4ccc(OC)cc4)C(=O)C32)cc1. The molecule has 232 valence electrons. The van der Waals surface area contributed by atoms with E-state index in [1.165, 1.54) is 33.7 Å². The van der Waals surface area contributed by atoms with E-state index in [0.29, 0.717) is 27.0 Å². The molecular formula is C33H31FN4O5S2. The van der Waals surface area contributed by atoms with Crippen molar-refractivity contribution in [2.75, 3.05) is 35.3 Å². The molecule has 0 radical (unpaired) electrons. The van der Waals surface area contributed by atoms with Crippen LogP contribution in [0.25, 0.3) is 0 Å². The third-order valence-corrected chi connectivity index (χ3v) is 10.8. The Morgan fingerprint density at radius 2 is 1.60 bits per heavy atom. The predicted molar refractivity (Wildman–Crippen MR) is 174 cm³/mol. The van der Waals surface area contributed by atoms with Gasteiger partial charge in [0.15, 0.2) is 0 Å². The van der Waals surface area contributed by atoms with Crippen LogP contribution >= 0.6 is 23.1 Å². The summed E-state index contributed by atoms with van der Waals surface area (Å²) in [5.41, 5.74) is 2.67. The maximum Gasteiger partial charge on any atom is 0.308 e. The van der Waals surface area contributed by atoms with Crippen molar-refractivity contribution < 1.29 is 23.5 Å². The average molecular weight is 647 g/mol. The molecule has 45 heavy (non-hydrogen) atoms. The molecule has 0 spiro atoms. The van der Waals surface area contributed by atoms with Crippen molar-refractivity contribution in [1.82, 2.24) is 4.57 Å². The zero-order valence-corrected chi connectivity index (χ0v) is 26.5. The van der Waals surface area contributed by atoms with Crippen LogP contribution in [-0.4, -0.2) is 47.7 Å². The van der Waals surface area contributed by atoms with Gasteiger partial charge >= 0.3 is 4.87 Å². The molecule has 3 unspecified atom stereocenters. The Morgan fingerprint density at radius 1 is 0.933 bits per heavy atom. The van der Waals surface area contributed by atoms with Crippen molar-refractivity contribution in [2.24, 2.45) is 5.92 Å². The van der Waals surface area contributed by atoms with Gasteiger partial charge in [-0.05, 0) is 80.1 Å². The molecule has 3 amide bonds. The average Bonchev–Trinajstić information content (AvgIpc) is 3.49. The Balaban J connectivity index is 1.40. The summed E-state index contributed by atoms with van der Waals surface area (Å²) in [6.45, 7) is 5.52. The first kappa shape index (κ1) is 30.6. The Bertz CT molecular complexity index is 1800. The fourth-order valence-corrected chi connectivity index (χ4v) is 8.73. The fraction of sp³-hybridized carbons (Fsp3) is 0.273. The van der Waals surface area contributed by atoms with E-state index in [1.54, 1.807) is 31.4 Å². The van der Waals surface area contributed by atoms with Crippen LogP contribution < -0.4 is 24.7 Å². The van der Waals surface area contributed by atoms with Gasteiger partial charge in [0.2, 0.25) is 17.7 Å². The van der Waals surface area contributed by atoms with Crippen molar-refractivity contribution in [3.8, 4) is 5.75 Å². The van der Waals surface area contributed by atoms with Crippen LogP contribution in [-0.2, 0) is 20.9 Å². The highest BCUT2D eigenvalue weighted by Gasteiger charge is 2.56. The molecule has 1 saturated heterocycles. The predicted octanol–water partition coefficient (Wildman–Crippen LogP) is 5.34. The zero-order chi connectivity index (χ0) is 31.8. The summed E-state index contributed by atoms with van der Waals surface area (Å²) in [4.78, 5) is 58.3. The number of imide groups is 1. The van der Waals surface area contributed by atoms with Crippen molar-refractivity contribution in [1.29, 1.82) is 0 Å². The summed E-state index contributed by atoms with van der Waals surface area (Å²) < 4.78 is 20.0. The summed E-state index contributed by atoms with van der Waals surface area (Å²) in [6, 6.07) is 20.0. The van der Waals surface area contributed by atoms with Crippen LogP contribution in [0.3, 0.4) is 0 Å². The lowest BCUT2D eigenvalue weighted by atomic mass is 9.83. The molecule has 9 nitrogen and oxygen atoms in total.